The molecule has 1 saturated heterocycles. The highest BCUT2D eigenvalue weighted by atomic mass is 16.5. The van der Waals surface area contributed by atoms with Crippen molar-refractivity contribution in [3.05, 3.63) is 42.0 Å². The maximum atomic E-state index is 13.1. The third-order valence-corrected chi connectivity index (χ3v) is 5.63. The zero-order valence-electron chi connectivity index (χ0n) is 15.8. The second-order valence-corrected chi connectivity index (χ2v) is 7.29. The highest BCUT2D eigenvalue weighted by molar-refractivity contribution is 5.95. The first-order valence-electron chi connectivity index (χ1n) is 9.89. The molecular weight excluding hydrogens is 342 g/mol. The summed E-state index contributed by atoms with van der Waals surface area (Å²) in [5.74, 6) is 1.56. The molecule has 1 unspecified atom stereocenters. The van der Waals surface area contributed by atoms with E-state index in [4.69, 9.17) is 9.47 Å². The van der Waals surface area contributed by atoms with Crippen molar-refractivity contribution >= 4 is 11.6 Å². The van der Waals surface area contributed by atoms with Crippen molar-refractivity contribution in [1.82, 2.24) is 9.97 Å². The van der Waals surface area contributed by atoms with Crippen LogP contribution in [-0.2, 0) is 16.0 Å². The molecule has 4 rings (SSSR count). The number of aromatic amines is 1. The van der Waals surface area contributed by atoms with E-state index in [9.17, 15) is 4.79 Å². The van der Waals surface area contributed by atoms with Gasteiger partial charge in [0.25, 0.3) is 0 Å². The minimum atomic E-state index is 0.0610. The predicted octanol–water partition coefficient (Wildman–Crippen LogP) is 3.30. The van der Waals surface area contributed by atoms with E-state index in [2.05, 4.69) is 16.0 Å². The van der Waals surface area contributed by atoms with Gasteiger partial charge in [-0.2, -0.15) is 0 Å². The summed E-state index contributed by atoms with van der Waals surface area (Å²) in [6.07, 6.45) is 7.13. The number of hydrogen-bond acceptors (Lipinski definition) is 4. The van der Waals surface area contributed by atoms with Crippen LogP contribution in [0.5, 0.6) is 5.75 Å². The molecule has 6 nitrogen and oxygen atoms in total. The van der Waals surface area contributed by atoms with Crippen LogP contribution in [0.25, 0.3) is 0 Å². The number of amides is 1. The van der Waals surface area contributed by atoms with E-state index < -0.39 is 0 Å². The van der Waals surface area contributed by atoms with Crippen molar-refractivity contribution in [2.45, 2.75) is 38.5 Å². The molecule has 2 aliphatic rings. The Kier molecular flexibility index (Phi) is 5.43. The summed E-state index contributed by atoms with van der Waals surface area (Å²) >= 11 is 0. The molecule has 1 aromatic carbocycles. The van der Waals surface area contributed by atoms with Gasteiger partial charge >= 0.3 is 0 Å². The Labute approximate surface area is 159 Å². The number of hydrogen-bond donors (Lipinski definition) is 1. The topological polar surface area (TPSA) is 67.5 Å². The number of nitrogens with one attached hydrogen (secondary N) is 1. The fraction of sp³-hybridized carbons (Fsp3) is 0.524. The van der Waals surface area contributed by atoms with Gasteiger partial charge in [-0.15, -0.1) is 0 Å². The van der Waals surface area contributed by atoms with Crippen molar-refractivity contribution in [3.63, 3.8) is 0 Å². The first-order chi connectivity index (χ1) is 13.3. The lowest BCUT2D eigenvalue weighted by Gasteiger charge is -2.31. The van der Waals surface area contributed by atoms with Crippen LogP contribution in [0, 0.1) is 5.92 Å². The number of carbonyl (C=O) groups is 1. The minimum absolute atomic E-state index is 0.0610. The molecule has 3 heterocycles. The highest BCUT2D eigenvalue weighted by Crippen LogP contribution is 2.38. The molecule has 144 valence electrons. The standard InChI is InChI=1S/C21H27N3O3/c1-2-24(21(25)15-5-8-26-9-6-15)18-3-4-20-19(12-18)16(7-10-27-20)11-17-13-22-14-23-17/h3-4,12-16H,2,5-11H2,1H3,(H,22,23). The third-order valence-electron chi connectivity index (χ3n) is 5.63. The molecule has 2 aromatic rings. The Balaban J connectivity index is 1.58. The van der Waals surface area contributed by atoms with E-state index in [1.165, 1.54) is 5.56 Å². The number of H-pyrrole nitrogens is 1. The Hall–Kier alpha value is -2.34. The quantitative estimate of drug-likeness (QED) is 0.878. The van der Waals surface area contributed by atoms with Crippen LogP contribution in [0.3, 0.4) is 0 Å². The average molecular weight is 369 g/mol. The van der Waals surface area contributed by atoms with Gasteiger partial charge in [0.1, 0.15) is 5.75 Å². The summed E-state index contributed by atoms with van der Waals surface area (Å²) in [5.41, 5.74) is 3.20. The molecule has 1 atom stereocenters. The average Bonchev–Trinajstić information content (AvgIpc) is 3.22. The maximum Gasteiger partial charge on any atom is 0.230 e. The second kappa shape index (κ2) is 8.13. The van der Waals surface area contributed by atoms with E-state index >= 15 is 0 Å². The van der Waals surface area contributed by atoms with Crippen LogP contribution in [-0.4, -0.2) is 42.2 Å². The van der Waals surface area contributed by atoms with Crippen molar-refractivity contribution in [3.8, 4) is 5.75 Å². The van der Waals surface area contributed by atoms with Crippen molar-refractivity contribution < 1.29 is 14.3 Å². The molecule has 0 spiro atoms. The van der Waals surface area contributed by atoms with Gasteiger partial charge in [0.05, 0.1) is 18.6 Å². The van der Waals surface area contributed by atoms with Crippen molar-refractivity contribution in [2.75, 3.05) is 31.3 Å². The van der Waals surface area contributed by atoms with Crippen molar-refractivity contribution in [2.24, 2.45) is 5.92 Å². The van der Waals surface area contributed by atoms with E-state index in [1.54, 1.807) is 6.33 Å². The number of aromatic nitrogens is 2. The summed E-state index contributed by atoms with van der Waals surface area (Å²) in [6.45, 7) is 4.78. The second-order valence-electron chi connectivity index (χ2n) is 7.29. The molecule has 0 saturated carbocycles. The lowest BCUT2D eigenvalue weighted by Crippen LogP contribution is -2.38. The molecule has 0 bridgehead atoms. The van der Waals surface area contributed by atoms with Crippen molar-refractivity contribution in [1.29, 1.82) is 0 Å². The van der Waals surface area contributed by atoms with Gasteiger partial charge in [-0.25, -0.2) is 4.98 Å². The Morgan fingerprint density at radius 2 is 2.11 bits per heavy atom. The van der Waals surface area contributed by atoms with Crippen LogP contribution >= 0.6 is 0 Å². The number of fused-ring (bicyclic) bond motifs is 1. The summed E-state index contributed by atoms with van der Waals surface area (Å²) in [5, 5.41) is 0. The number of benzene rings is 1. The first kappa shape index (κ1) is 18.0. The van der Waals surface area contributed by atoms with Gasteiger partial charge in [-0.1, -0.05) is 0 Å². The Morgan fingerprint density at radius 3 is 2.85 bits per heavy atom. The Bertz CT molecular complexity index is 769. The largest absolute Gasteiger partial charge is 0.493 e. The van der Waals surface area contributed by atoms with Gasteiger partial charge in [0, 0.05) is 37.6 Å². The fourth-order valence-electron chi connectivity index (χ4n) is 4.12. The molecule has 1 fully saturated rings. The van der Waals surface area contributed by atoms with E-state index in [1.807, 2.05) is 30.2 Å². The predicted molar refractivity (Wildman–Crippen MR) is 103 cm³/mol. The molecule has 1 aromatic heterocycles. The lowest BCUT2D eigenvalue weighted by atomic mass is 9.88. The summed E-state index contributed by atoms with van der Waals surface area (Å²) in [7, 11) is 0. The van der Waals surface area contributed by atoms with Crippen LogP contribution in [0.15, 0.2) is 30.7 Å². The van der Waals surface area contributed by atoms with Crippen LogP contribution < -0.4 is 9.64 Å². The van der Waals surface area contributed by atoms with E-state index in [-0.39, 0.29) is 11.8 Å². The Morgan fingerprint density at radius 1 is 1.26 bits per heavy atom. The fourth-order valence-corrected chi connectivity index (χ4v) is 4.12. The number of anilines is 1. The zero-order chi connectivity index (χ0) is 18.6. The SMILES string of the molecule is CCN(C(=O)C1CCOCC1)c1ccc2c(c1)C(Cc1c[nH]cn1)CCO2. The number of imidazole rings is 1. The van der Waals surface area contributed by atoms with Crippen LogP contribution in [0.4, 0.5) is 5.69 Å². The summed E-state index contributed by atoms with van der Waals surface area (Å²) in [4.78, 5) is 22.4. The molecule has 2 aliphatic heterocycles. The molecule has 27 heavy (non-hydrogen) atoms. The van der Waals surface area contributed by atoms with E-state index in [0.717, 1.165) is 49.4 Å². The normalized spacial score (nSPS) is 20.0. The van der Waals surface area contributed by atoms with Gasteiger partial charge in [0.15, 0.2) is 0 Å². The minimum Gasteiger partial charge on any atom is -0.493 e. The van der Waals surface area contributed by atoms with Gasteiger partial charge in [-0.05, 0) is 62.3 Å². The lowest BCUT2D eigenvalue weighted by molar-refractivity contribution is -0.125. The number of ether oxygens (including phenoxy) is 2. The van der Waals surface area contributed by atoms with Gasteiger partial charge in [-0.3, -0.25) is 4.79 Å². The van der Waals surface area contributed by atoms with Gasteiger partial charge < -0.3 is 19.4 Å². The molecular formula is C21H27N3O3. The number of carbonyl (C=O) groups excluding carboxylic acids is 1. The van der Waals surface area contributed by atoms with Crippen LogP contribution in [0.1, 0.15) is 43.4 Å². The van der Waals surface area contributed by atoms with Crippen LogP contribution in [0.2, 0.25) is 0 Å². The summed E-state index contributed by atoms with van der Waals surface area (Å²) < 4.78 is 11.3. The number of nitrogens with zero attached hydrogens (tertiary/aromatic N) is 2. The molecule has 6 heteroatoms. The summed E-state index contributed by atoms with van der Waals surface area (Å²) in [6, 6.07) is 6.17. The zero-order valence-corrected chi connectivity index (χ0v) is 15.8. The third kappa shape index (κ3) is 3.86. The number of rotatable bonds is 5. The smallest absolute Gasteiger partial charge is 0.230 e. The molecule has 0 aliphatic carbocycles. The maximum absolute atomic E-state index is 13.1. The highest BCUT2D eigenvalue weighted by Gasteiger charge is 2.28. The molecule has 1 amide bonds. The van der Waals surface area contributed by atoms with Gasteiger partial charge in [0.2, 0.25) is 5.91 Å². The monoisotopic (exact) mass is 369 g/mol. The van der Waals surface area contributed by atoms with E-state index in [0.29, 0.717) is 25.7 Å². The molecule has 1 N–H and O–H groups in total. The first-order valence-corrected chi connectivity index (χ1v) is 9.89. The molecule has 0 radical (unpaired) electrons.